The van der Waals surface area contributed by atoms with Crippen molar-refractivity contribution in [3.8, 4) is 0 Å². The molecule has 4 rings (SSSR count). The van der Waals surface area contributed by atoms with Crippen molar-refractivity contribution in [2.45, 2.75) is 39.0 Å². The standard InChI is InChI=1S/C15H22/c1-3-15(2)8-11-7-12(15)14-10-5-4-9(6-10)13(11)14/h3,9-14H,1,4-8H2,2H3. The predicted molar refractivity (Wildman–Crippen MR) is 62.3 cm³/mol. The summed E-state index contributed by atoms with van der Waals surface area (Å²) in [7, 11) is 0. The number of hydrogen-bond acceptors (Lipinski definition) is 0. The van der Waals surface area contributed by atoms with Gasteiger partial charge in [-0.05, 0) is 73.0 Å². The van der Waals surface area contributed by atoms with E-state index in [9.17, 15) is 0 Å². The fraction of sp³-hybridized carbons (Fsp3) is 0.867. The quantitative estimate of drug-likeness (QED) is 0.447. The maximum Gasteiger partial charge on any atom is -0.0115 e. The molecule has 0 N–H and O–H groups in total. The van der Waals surface area contributed by atoms with Gasteiger partial charge in [-0.3, -0.25) is 0 Å². The first-order chi connectivity index (χ1) is 7.23. The molecule has 4 aliphatic carbocycles. The Morgan fingerprint density at radius 2 is 1.80 bits per heavy atom. The van der Waals surface area contributed by atoms with Crippen LogP contribution in [-0.2, 0) is 0 Å². The first kappa shape index (κ1) is 8.84. The van der Waals surface area contributed by atoms with Gasteiger partial charge < -0.3 is 0 Å². The van der Waals surface area contributed by atoms with Gasteiger partial charge in [-0.25, -0.2) is 0 Å². The lowest BCUT2D eigenvalue weighted by Gasteiger charge is -2.43. The second-order valence-corrected chi connectivity index (χ2v) is 7.00. The Morgan fingerprint density at radius 3 is 2.53 bits per heavy atom. The van der Waals surface area contributed by atoms with Gasteiger partial charge in [0, 0.05) is 0 Å². The van der Waals surface area contributed by atoms with E-state index in [2.05, 4.69) is 19.6 Å². The molecule has 7 unspecified atom stereocenters. The fourth-order valence-electron chi connectivity index (χ4n) is 6.20. The van der Waals surface area contributed by atoms with Crippen LogP contribution < -0.4 is 0 Å². The first-order valence-electron chi connectivity index (χ1n) is 6.86. The molecule has 82 valence electrons. The van der Waals surface area contributed by atoms with Crippen molar-refractivity contribution in [1.82, 2.24) is 0 Å². The zero-order chi connectivity index (χ0) is 10.2. The summed E-state index contributed by atoms with van der Waals surface area (Å²) >= 11 is 0. The summed E-state index contributed by atoms with van der Waals surface area (Å²) in [4.78, 5) is 0. The Kier molecular flexibility index (Phi) is 1.49. The van der Waals surface area contributed by atoms with Crippen molar-refractivity contribution < 1.29 is 0 Å². The van der Waals surface area contributed by atoms with Crippen LogP contribution in [-0.4, -0.2) is 0 Å². The van der Waals surface area contributed by atoms with E-state index in [1.165, 1.54) is 6.42 Å². The molecule has 7 atom stereocenters. The van der Waals surface area contributed by atoms with Crippen LogP contribution in [0.4, 0.5) is 0 Å². The predicted octanol–water partition coefficient (Wildman–Crippen LogP) is 3.88. The van der Waals surface area contributed by atoms with E-state index >= 15 is 0 Å². The van der Waals surface area contributed by atoms with Crippen LogP contribution in [0, 0.1) is 40.9 Å². The van der Waals surface area contributed by atoms with E-state index in [4.69, 9.17) is 0 Å². The lowest BCUT2D eigenvalue weighted by atomic mass is 9.62. The highest BCUT2D eigenvalue weighted by molar-refractivity contribution is 5.17. The molecule has 4 aliphatic rings. The minimum atomic E-state index is 0.510. The van der Waals surface area contributed by atoms with Gasteiger partial charge in [0.1, 0.15) is 0 Å². The molecule has 0 amide bonds. The highest BCUT2D eigenvalue weighted by atomic mass is 14.7. The summed E-state index contributed by atoms with van der Waals surface area (Å²) in [5.41, 5.74) is 0.510. The number of allylic oxidation sites excluding steroid dienone is 1. The minimum Gasteiger partial charge on any atom is -0.103 e. The van der Waals surface area contributed by atoms with E-state index in [0.717, 1.165) is 35.5 Å². The molecule has 0 aromatic heterocycles. The number of fused-ring (bicyclic) bond motifs is 9. The van der Waals surface area contributed by atoms with Crippen LogP contribution in [0.2, 0.25) is 0 Å². The minimum absolute atomic E-state index is 0.510. The molecule has 0 saturated heterocycles. The van der Waals surface area contributed by atoms with Crippen LogP contribution in [0.1, 0.15) is 39.0 Å². The molecule has 0 radical (unpaired) electrons. The summed E-state index contributed by atoms with van der Waals surface area (Å²) in [6.07, 6.45) is 10.0. The van der Waals surface area contributed by atoms with Crippen molar-refractivity contribution in [1.29, 1.82) is 0 Å². The SMILES string of the molecule is C=CC1(C)CC2CC1C1C3CCC(C3)C21. The number of hydrogen-bond donors (Lipinski definition) is 0. The summed E-state index contributed by atoms with van der Waals surface area (Å²) < 4.78 is 0. The molecule has 0 aromatic carbocycles. The summed E-state index contributed by atoms with van der Waals surface area (Å²) in [5, 5.41) is 0. The van der Waals surface area contributed by atoms with Gasteiger partial charge in [-0.15, -0.1) is 6.58 Å². The van der Waals surface area contributed by atoms with Crippen molar-refractivity contribution in [3.63, 3.8) is 0 Å². The molecule has 0 nitrogen and oxygen atoms in total. The molecule has 4 saturated carbocycles. The van der Waals surface area contributed by atoms with Gasteiger partial charge in [-0.2, -0.15) is 0 Å². The average Bonchev–Trinajstić information content (AvgIpc) is 2.93. The molecular weight excluding hydrogens is 180 g/mol. The van der Waals surface area contributed by atoms with Crippen molar-refractivity contribution in [2.75, 3.05) is 0 Å². The third kappa shape index (κ3) is 0.867. The smallest absolute Gasteiger partial charge is 0.0115 e. The van der Waals surface area contributed by atoms with Crippen molar-refractivity contribution in [2.24, 2.45) is 40.9 Å². The van der Waals surface area contributed by atoms with Gasteiger partial charge >= 0.3 is 0 Å². The normalized spacial score (nSPS) is 64.9. The van der Waals surface area contributed by atoms with E-state index in [1.807, 2.05) is 0 Å². The zero-order valence-electron chi connectivity index (χ0n) is 9.78. The van der Waals surface area contributed by atoms with Crippen molar-refractivity contribution >= 4 is 0 Å². The lowest BCUT2D eigenvalue weighted by Crippen LogP contribution is -2.37. The zero-order valence-corrected chi connectivity index (χ0v) is 9.78. The maximum atomic E-state index is 4.11. The lowest BCUT2D eigenvalue weighted by molar-refractivity contribution is 0.0755. The Bertz CT molecular complexity index is 318. The van der Waals surface area contributed by atoms with Gasteiger partial charge in [0.05, 0.1) is 0 Å². The molecule has 15 heavy (non-hydrogen) atoms. The third-order valence-corrected chi connectivity index (χ3v) is 6.63. The van der Waals surface area contributed by atoms with Gasteiger partial charge in [-0.1, -0.05) is 13.0 Å². The Balaban J connectivity index is 1.74. The summed E-state index contributed by atoms with van der Waals surface area (Å²) in [5.74, 6) is 6.63. The van der Waals surface area contributed by atoms with Crippen LogP contribution in [0.15, 0.2) is 12.7 Å². The van der Waals surface area contributed by atoms with Crippen LogP contribution in [0.25, 0.3) is 0 Å². The molecule has 4 fully saturated rings. The van der Waals surface area contributed by atoms with Crippen LogP contribution in [0.5, 0.6) is 0 Å². The molecule has 0 heteroatoms. The second-order valence-electron chi connectivity index (χ2n) is 7.00. The largest absolute Gasteiger partial charge is 0.103 e. The average molecular weight is 202 g/mol. The summed E-state index contributed by atoms with van der Waals surface area (Å²) in [6, 6.07) is 0. The highest BCUT2D eigenvalue weighted by Gasteiger charge is 2.64. The monoisotopic (exact) mass is 202 g/mol. The Hall–Kier alpha value is -0.260. The van der Waals surface area contributed by atoms with Gasteiger partial charge in [0.25, 0.3) is 0 Å². The maximum absolute atomic E-state index is 4.11. The molecule has 0 heterocycles. The molecule has 0 aliphatic heterocycles. The van der Waals surface area contributed by atoms with E-state index in [0.29, 0.717) is 5.41 Å². The molecule has 0 spiro atoms. The van der Waals surface area contributed by atoms with Crippen LogP contribution >= 0.6 is 0 Å². The first-order valence-corrected chi connectivity index (χ1v) is 6.86. The van der Waals surface area contributed by atoms with Gasteiger partial charge in [0.15, 0.2) is 0 Å². The third-order valence-electron chi connectivity index (χ3n) is 6.63. The molecule has 4 bridgehead atoms. The van der Waals surface area contributed by atoms with E-state index in [1.54, 1.807) is 25.7 Å². The topological polar surface area (TPSA) is 0 Å². The molecular formula is C15H22. The highest BCUT2D eigenvalue weighted by Crippen LogP contribution is 2.71. The van der Waals surface area contributed by atoms with Gasteiger partial charge in [0.2, 0.25) is 0 Å². The fourth-order valence-corrected chi connectivity index (χ4v) is 6.20. The Morgan fingerprint density at radius 1 is 1.07 bits per heavy atom. The molecule has 0 aromatic rings. The Labute approximate surface area is 93.1 Å². The van der Waals surface area contributed by atoms with Crippen molar-refractivity contribution in [3.05, 3.63) is 12.7 Å². The second kappa shape index (κ2) is 2.52. The summed E-state index contributed by atoms with van der Waals surface area (Å²) in [6.45, 7) is 6.59. The van der Waals surface area contributed by atoms with E-state index in [-0.39, 0.29) is 0 Å². The number of rotatable bonds is 1. The van der Waals surface area contributed by atoms with Crippen LogP contribution in [0.3, 0.4) is 0 Å². The van der Waals surface area contributed by atoms with E-state index < -0.39 is 0 Å².